The van der Waals surface area contributed by atoms with Crippen molar-refractivity contribution < 1.29 is 23.9 Å². The van der Waals surface area contributed by atoms with Gasteiger partial charge in [-0.3, -0.25) is 14.4 Å². The first-order chi connectivity index (χ1) is 15.4. The Morgan fingerprint density at radius 3 is 2.31 bits per heavy atom. The molecular weight excluding hydrogens is 457 g/mol. The summed E-state index contributed by atoms with van der Waals surface area (Å²) in [6, 6.07) is 17.0. The Balaban J connectivity index is 1.41. The summed E-state index contributed by atoms with van der Waals surface area (Å²) in [6.07, 6.45) is 1.31. The van der Waals surface area contributed by atoms with E-state index < -0.39 is 30.9 Å². The number of amides is 2. The quantitative estimate of drug-likeness (QED) is 0.477. The molecular formula is C22H17Cl2N3O5. The van der Waals surface area contributed by atoms with E-state index in [0.29, 0.717) is 22.1 Å². The van der Waals surface area contributed by atoms with Crippen LogP contribution in [0, 0.1) is 0 Å². The molecule has 0 bridgehead atoms. The van der Waals surface area contributed by atoms with Gasteiger partial charge in [-0.2, -0.15) is 0 Å². The van der Waals surface area contributed by atoms with Crippen LogP contribution in [-0.4, -0.2) is 35.9 Å². The third-order valence-corrected chi connectivity index (χ3v) is 4.41. The molecule has 3 aromatic rings. The zero-order chi connectivity index (χ0) is 22.9. The monoisotopic (exact) mass is 473 g/mol. The lowest BCUT2D eigenvalue weighted by Gasteiger charge is -2.09. The van der Waals surface area contributed by atoms with Crippen LogP contribution in [0.25, 0.3) is 0 Å². The highest BCUT2D eigenvalue weighted by atomic mass is 35.5. The smallest absolute Gasteiger partial charge is 0.325 e. The first-order valence-corrected chi connectivity index (χ1v) is 10.0. The number of rotatable bonds is 8. The molecule has 2 N–H and O–H groups in total. The van der Waals surface area contributed by atoms with Crippen LogP contribution < -0.4 is 15.4 Å². The van der Waals surface area contributed by atoms with Gasteiger partial charge in [-0.15, -0.1) is 0 Å². The van der Waals surface area contributed by atoms with Crippen LogP contribution >= 0.6 is 23.2 Å². The van der Waals surface area contributed by atoms with E-state index in [1.807, 2.05) is 30.3 Å². The van der Waals surface area contributed by atoms with Gasteiger partial charge in [-0.25, -0.2) is 4.98 Å². The van der Waals surface area contributed by atoms with Gasteiger partial charge in [0.15, 0.2) is 12.4 Å². The van der Waals surface area contributed by atoms with Gasteiger partial charge in [-0.1, -0.05) is 41.4 Å². The molecule has 0 aliphatic carbocycles. The van der Waals surface area contributed by atoms with Crippen LogP contribution in [0.4, 0.5) is 5.82 Å². The summed E-state index contributed by atoms with van der Waals surface area (Å²) in [4.78, 5) is 39.7. The maximum absolute atomic E-state index is 12.2. The van der Waals surface area contributed by atoms with Crippen LogP contribution in [0.5, 0.6) is 11.5 Å². The number of benzene rings is 2. The van der Waals surface area contributed by atoms with Crippen molar-refractivity contribution in [1.82, 2.24) is 10.3 Å². The second-order valence-corrected chi connectivity index (χ2v) is 7.16. The molecule has 10 heteroatoms. The van der Waals surface area contributed by atoms with Gasteiger partial charge < -0.3 is 20.1 Å². The van der Waals surface area contributed by atoms with Crippen molar-refractivity contribution in [1.29, 1.82) is 0 Å². The van der Waals surface area contributed by atoms with E-state index in [4.69, 9.17) is 32.7 Å². The molecule has 32 heavy (non-hydrogen) atoms. The Labute approximate surface area is 193 Å². The molecule has 2 aromatic carbocycles. The Hall–Kier alpha value is -3.62. The molecule has 0 spiro atoms. The summed E-state index contributed by atoms with van der Waals surface area (Å²) in [5, 5.41) is 5.27. The van der Waals surface area contributed by atoms with E-state index in [2.05, 4.69) is 15.6 Å². The van der Waals surface area contributed by atoms with Gasteiger partial charge in [0.05, 0.1) is 10.0 Å². The van der Waals surface area contributed by atoms with Crippen molar-refractivity contribution in [3.05, 3.63) is 82.5 Å². The number of hydrogen-bond acceptors (Lipinski definition) is 6. The number of carbonyl (C=O) groups is 3. The van der Waals surface area contributed by atoms with Crippen molar-refractivity contribution in [2.24, 2.45) is 0 Å². The van der Waals surface area contributed by atoms with Crippen LogP contribution in [0.15, 0.2) is 66.9 Å². The molecule has 0 radical (unpaired) electrons. The molecule has 1 aromatic heterocycles. The van der Waals surface area contributed by atoms with E-state index in [1.54, 1.807) is 24.3 Å². The molecule has 3 rings (SSSR count). The minimum absolute atomic E-state index is 0.0881. The van der Waals surface area contributed by atoms with Crippen LogP contribution in [0.1, 0.15) is 10.4 Å². The Morgan fingerprint density at radius 2 is 1.62 bits per heavy atom. The number of para-hydroxylation sites is 1. The molecule has 0 unspecified atom stereocenters. The maximum Gasteiger partial charge on any atom is 0.325 e. The number of anilines is 1. The van der Waals surface area contributed by atoms with E-state index in [0.717, 1.165) is 0 Å². The van der Waals surface area contributed by atoms with Crippen molar-refractivity contribution in [3.8, 4) is 11.5 Å². The van der Waals surface area contributed by atoms with Crippen molar-refractivity contribution in [2.75, 3.05) is 18.5 Å². The summed E-state index contributed by atoms with van der Waals surface area (Å²) in [5.74, 6) is -0.581. The number of halogens is 2. The standard InChI is InChI=1S/C22H17Cl2N3O5/c23-15-10-18(24)21(25-11-15)27-19(28)13-31-20(29)12-26-22(30)14-6-8-17(9-7-14)32-16-4-2-1-3-5-16/h1-11H,12-13H2,(H,26,30)(H,25,27,28). The van der Waals surface area contributed by atoms with Gasteiger partial charge in [0.2, 0.25) is 0 Å². The minimum atomic E-state index is -0.785. The average Bonchev–Trinajstić information content (AvgIpc) is 2.79. The molecule has 0 saturated carbocycles. The summed E-state index contributed by atoms with van der Waals surface area (Å²) in [7, 11) is 0. The molecule has 0 saturated heterocycles. The third kappa shape index (κ3) is 6.97. The normalized spacial score (nSPS) is 10.2. The number of nitrogens with one attached hydrogen (secondary N) is 2. The second kappa shape index (κ2) is 11.1. The predicted octanol–water partition coefficient (Wildman–Crippen LogP) is 4.09. The Kier molecular flexibility index (Phi) is 8.02. The minimum Gasteiger partial charge on any atom is -0.457 e. The van der Waals surface area contributed by atoms with Gasteiger partial charge >= 0.3 is 5.97 Å². The van der Waals surface area contributed by atoms with Crippen molar-refractivity contribution in [3.63, 3.8) is 0 Å². The predicted molar refractivity (Wildman–Crippen MR) is 119 cm³/mol. The second-order valence-electron chi connectivity index (χ2n) is 6.31. The Bertz CT molecular complexity index is 1110. The zero-order valence-electron chi connectivity index (χ0n) is 16.5. The summed E-state index contributed by atoms with van der Waals surface area (Å²) < 4.78 is 10.5. The van der Waals surface area contributed by atoms with Gasteiger partial charge in [0, 0.05) is 11.8 Å². The molecule has 0 aliphatic rings. The highest BCUT2D eigenvalue weighted by Crippen LogP contribution is 2.22. The SMILES string of the molecule is O=C(COC(=O)CNC(=O)c1ccc(Oc2ccccc2)cc1)Nc1ncc(Cl)cc1Cl. The van der Waals surface area contributed by atoms with Crippen molar-refractivity contribution >= 4 is 46.8 Å². The number of ether oxygens (including phenoxy) is 2. The number of carbonyl (C=O) groups excluding carboxylic acids is 3. The van der Waals surface area contributed by atoms with Crippen LogP contribution in [0.2, 0.25) is 10.0 Å². The van der Waals surface area contributed by atoms with E-state index in [9.17, 15) is 14.4 Å². The molecule has 1 heterocycles. The van der Waals surface area contributed by atoms with Gasteiger partial charge in [0.1, 0.15) is 18.0 Å². The Morgan fingerprint density at radius 1 is 0.938 bits per heavy atom. The third-order valence-electron chi connectivity index (χ3n) is 3.92. The molecule has 0 aliphatic heterocycles. The number of nitrogens with zero attached hydrogens (tertiary/aromatic N) is 1. The number of hydrogen-bond donors (Lipinski definition) is 2. The fourth-order valence-electron chi connectivity index (χ4n) is 2.43. The highest BCUT2D eigenvalue weighted by Gasteiger charge is 2.13. The molecule has 0 fully saturated rings. The van der Waals surface area contributed by atoms with Gasteiger partial charge in [0.25, 0.3) is 11.8 Å². The summed E-state index contributed by atoms with van der Waals surface area (Å²) >= 11 is 11.6. The topological polar surface area (TPSA) is 107 Å². The van der Waals surface area contributed by atoms with Crippen LogP contribution in [0.3, 0.4) is 0 Å². The first-order valence-electron chi connectivity index (χ1n) is 9.28. The number of aromatic nitrogens is 1. The van der Waals surface area contributed by atoms with E-state index in [1.165, 1.54) is 12.3 Å². The van der Waals surface area contributed by atoms with Crippen molar-refractivity contribution in [2.45, 2.75) is 0 Å². The van der Waals surface area contributed by atoms with E-state index in [-0.39, 0.29) is 10.8 Å². The first kappa shape index (κ1) is 23.1. The average molecular weight is 474 g/mol. The lowest BCUT2D eigenvalue weighted by molar-refractivity contribution is -0.146. The lowest BCUT2D eigenvalue weighted by Crippen LogP contribution is -2.32. The summed E-state index contributed by atoms with van der Waals surface area (Å²) in [5.41, 5.74) is 0.333. The molecule has 164 valence electrons. The lowest BCUT2D eigenvalue weighted by atomic mass is 10.2. The fraction of sp³-hybridized carbons (Fsp3) is 0.0909. The maximum atomic E-state index is 12.2. The van der Waals surface area contributed by atoms with Crippen LogP contribution in [-0.2, 0) is 14.3 Å². The van der Waals surface area contributed by atoms with Gasteiger partial charge in [-0.05, 0) is 42.5 Å². The van der Waals surface area contributed by atoms with E-state index >= 15 is 0 Å². The number of esters is 1. The summed E-state index contributed by atoms with van der Waals surface area (Å²) in [6.45, 7) is -0.977. The fourth-order valence-corrected chi connectivity index (χ4v) is 2.85. The largest absolute Gasteiger partial charge is 0.457 e. The molecule has 2 amide bonds. The highest BCUT2D eigenvalue weighted by molar-refractivity contribution is 6.36. The zero-order valence-corrected chi connectivity index (χ0v) is 18.0. The molecule has 0 atom stereocenters. The molecule has 8 nitrogen and oxygen atoms in total. The number of pyridine rings is 1.